The van der Waals surface area contributed by atoms with E-state index in [1.807, 2.05) is 30.3 Å². The highest BCUT2D eigenvalue weighted by Crippen LogP contribution is 2.22. The van der Waals surface area contributed by atoms with Crippen LogP contribution in [0.2, 0.25) is 0 Å². The van der Waals surface area contributed by atoms with Crippen LogP contribution in [0.4, 0.5) is 0 Å². The molecule has 0 amide bonds. The predicted molar refractivity (Wildman–Crippen MR) is 76.2 cm³/mol. The van der Waals surface area contributed by atoms with Crippen LogP contribution in [-0.2, 0) is 11.3 Å². The molecule has 0 fully saturated rings. The van der Waals surface area contributed by atoms with Gasteiger partial charge in [-0.2, -0.15) is 0 Å². The number of aliphatic carboxylic acids is 1. The molecule has 1 aromatic carbocycles. The molecule has 2 aromatic rings. The first-order valence-corrected chi connectivity index (χ1v) is 6.70. The molecule has 20 heavy (non-hydrogen) atoms. The average Bonchev–Trinajstić information content (AvgIpc) is 2.96. The van der Waals surface area contributed by atoms with Gasteiger partial charge in [-0.05, 0) is 24.6 Å². The van der Waals surface area contributed by atoms with Crippen molar-refractivity contribution in [2.24, 2.45) is 0 Å². The van der Waals surface area contributed by atoms with Crippen LogP contribution < -0.4 is 0 Å². The standard InChI is InChI=1S/C16H19NO3/c1-13(14-6-3-2-4-7-14)17(10-9-16(18)19)12-15-8-5-11-20-15/h2-8,11,13H,9-10,12H2,1H3,(H,18,19). The molecular formula is C16H19NO3. The van der Waals surface area contributed by atoms with E-state index < -0.39 is 5.97 Å². The van der Waals surface area contributed by atoms with E-state index in [1.165, 1.54) is 5.56 Å². The Morgan fingerprint density at radius 3 is 2.60 bits per heavy atom. The molecule has 0 spiro atoms. The van der Waals surface area contributed by atoms with Crippen molar-refractivity contribution in [1.29, 1.82) is 0 Å². The van der Waals surface area contributed by atoms with Crippen LogP contribution in [0.1, 0.15) is 30.7 Å². The topological polar surface area (TPSA) is 53.7 Å². The molecule has 1 heterocycles. The highest BCUT2D eigenvalue weighted by molar-refractivity contribution is 5.66. The number of carboxylic acid groups (broad SMARTS) is 1. The molecule has 1 atom stereocenters. The van der Waals surface area contributed by atoms with Crippen molar-refractivity contribution in [3.63, 3.8) is 0 Å². The summed E-state index contributed by atoms with van der Waals surface area (Å²) in [6.45, 7) is 3.18. The zero-order valence-corrected chi connectivity index (χ0v) is 11.5. The smallest absolute Gasteiger partial charge is 0.304 e. The first-order valence-electron chi connectivity index (χ1n) is 6.70. The monoisotopic (exact) mass is 273 g/mol. The lowest BCUT2D eigenvalue weighted by Crippen LogP contribution is -2.29. The average molecular weight is 273 g/mol. The molecule has 4 heteroatoms. The Labute approximate surface area is 118 Å². The number of nitrogens with zero attached hydrogens (tertiary/aromatic N) is 1. The maximum absolute atomic E-state index is 10.8. The molecule has 0 saturated heterocycles. The van der Waals surface area contributed by atoms with Crippen LogP contribution in [0.3, 0.4) is 0 Å². The van der Waals surface area contributed by atoms with Crippen LogP contribution in [0.5, 0.6) is 0 Å². The van der Waals surface area contributed by atoms with Gasteiger partial charge in [0.1, 0.15) is 5.76 Å². The summed E-state index contributed by atoms with van der Waals surface area (Å²) in [5.41, 5.74) is 1.17. The third-order valence-corrected chi connectivity index (χ3v) is 3.38. The van der Waals surface area contributed by atoms with Crippen molar-refractivity contribution < 1.29 is 14.3 Å². The normalized spacial score (nSPS) is 12.5. The molecule has 1 unspecified atom stereocenters. The van der Waals surface area contributed by atoms with Gasteiger partial charge in [0.25, 0.3) is 0 Å². The maximum atomic E-state index is 10.8. The zero-order chi connectivity index (χ0) is 14.4. The second-order valence-corrected chi connectivity index (χ2v) is 4.78. The number of rotatable bonds is 7. The van der Waals surface area contributed by atoms with Crippen molar-refractivity contribution in [1.82, 2.24) is 4.90 Å². The summed E-state index contributed by atoms with van der Waals surface area (Å²) in [6, 6.07) is 14.0. The first-order chi connectivity index (χ1) is 9.66. The summed E-state index contributed by atoms with van der Waals surface area (Å²) in [7, 11) is 0. The molecule has 4 nitrogen and oxygen atoms in total. The summed E-state index contributed by atoms with van der Waals surface area (Å²) in [4.78, 5) is 12.9. The van der Waals surface area contributed by atoms with Gasteiger partial charge in [-0.3, -0.25) is 9.69 Å². The van der Waals surface area contributed by atoms with E-state index >= 15 is 0 Å². The molecule has 0 saturated carbocycles. The van der Waals surface area contributed by atoms with Crippen LogP contribution in [0.25, 0.3) is 0 Å². The molecule has 0 bridgehead atoms. The zero-order valence-electron chi connectivity index (χ0n) is 11.5. The van der Waals surface area contributed by atoms with Gasteiger partial charge in [0.15, 0.2) is 0 Å². The van der Waals surface area contributed by atoms with Crippen molar-refractivity contribution in [3.8, 4) is 0 Å². The van der Waals surface area contributed by atoms with E-state index in [4.69, 9.17) is 9.52 Å². The summed E-state index contributed by atoms with van der Waals surface area (Å²) in [5, 5.41) is 8.89. The SMILES string of the molecule is CC(c1ccccc1)N(CCC(=O)O)Cc1ccco1. The van der Waals surface area contributed by atoms with Gasteiger partial charge in [0.2, 0.25) is 0 Å². The minimum absolute atomic E-state index is 0.123. The van der Waals surface area contributed by atoms with E-state index in [0.29, 0.717) is 13.1 Å². The molecule has 0 radical (unpaired) electrons. The van der Waals surface area contributed by atoms with Gasteiger partial charge in [0.05, 0.1) is 19.2 Å². The van der Waals surface area contributed by atoms with Gasteiger partial charge in [-0.15, -0.1) is 0 Å². The van der Waals surface area contributed by atoms with Crippen molar-refractivity contribution in [2.75, 3.05) is 6.54 Å². The molecule has 0 aliphatic carbocycles. The quantitative estimate of drug-likeness (QED) is 0.840. The third-order valence-electron chi connectivity index (χ3n) is 3.38. The van der Waals surface area contributed by atoms with Crippen molar-refractivity contribution >= 4 is 5.97 Å². The molecule has 1 aromatic heterocycles. The summed E-state index contributed by atoms with van der Waals surface area (Å²) < 4.78 is 5.37. The summed E-state index contributed by atoms with van der Waals surface area (Å²) in [5.74, 6) is 0.0628. The third kappa shape index (κ3) is 3.96. The fourth-order valence-electron chi connectivity index (χ4n) is 2.19. The molecule has 0 aliphatic rings. The molecule has 1 N–H and O–H groups in total. The van der Waals surface area contributed by atoms with Crippen LogP contribution in [-0.4, -0.2) is 22.5 Å². The number of carboxylic acids is 1. The fourth-order valence-corrected chi connectivity index (χ4v) is 2.19. The van der Waals surface area contributed by atoms with Crippen molar-refractivity contribution in [3.05, 3.63) is 60.1 Å². The molecular weight excluding hydrogens is 254 g/mol. The Morgan fingerprint density at radius 1 is 1.25 bits per heavy atom. The molecule has 2 rings (SSSR count). The summed E-state index contributed by atoms with van der Waals surface area (Å²) in [6.07, 6.45) is 1.76. The van der Waals surface area contributed by atoms with E-state index in [-0.39, 0.29) is 12.5 Å². The molecule has 0 aliphatic heterocycles. The molecule has 106 valence electrons. The highest BCUT2D eigenvalue weighted by atomic mass is 16.4. The second kappa shape index (κ2) is 6.91. The fraction of sp³-hybridized carbons (Fsp3) is 0.312. The minimum atomic E-state index is -0.783. The largest absolute Gasteiger partial charge is 0.481 e. The Kier molecular flexibility index (Phi) is 4.96. The van der Waals surface area contributed by atoms with Gasteiger partial charge >= 0.3 is 5.97 Å². The number of furan rings is 1. The van der Waals surface area contributed by atoms with E-state index in [2.05, 4.69) is 24.0 Å². The highest BCUT2D eigenvalue weighted by Gasteiger charge is 2.18. The van der Waals surface area contributed by atoms with Gasteiger partial charge in [0, 0.05) is 12.6 Å². The van der Waals surface area contributed by atoms with E-state index in [1.54, 1.807) is 6.26 Å². The van der Waals surface area contributed by atoms with Gasteiger partial charge in [-0.1, -0.05) is 30.3 Å². The minimum Gasteiger partial charge on any atom is -0.481 e. The Morgan fingerprint density at radius 2 is 2.00 bits per heavy atom. The lowest BCUT2D eigenvalue weighted by Gasteiger charge is -2.28. The number of hydrogen-bond acceptors (Lipinski definition) is 3. The Hall–Kier alpha value is -2.07. The Balaban J connectivity index is 2.10. The second-order valence-electron chi connectivity index (χ2n) is 4.78. The van der Waals surface area contributed by atoms with E-state index in [9.17, 15) is 4.79 Å². The van der Waals surface area contributed by atoms with Crippen LogP contribution >= 0.6 is 0 Å². The predicted octanol–water partition coefficient (Wildman–Crippen LogP) is 3.32. The number of carbonyl (C=O) groups is 1. The number of hydrogen-bond donors (Lipinski definition) is 1. The van der Waals surface area contributed by atoms with E-state index in [0.717, 1.165) is 5.76 Å². The Bertz CT molecular complexity index is 522. The lowest BCUT2D eigenvalue weighted by molar-refractivity contribution is -0.137. The lowest BCUT2D eigenvalue weighted by atomic mass is 10.1. The number of benzene rings is 1. The van der Waals surface area contributed by atoms with Crippen LogP contribution in [0.15, 0.2) is 53.1 Å². The van der Waals surface area contributed by atoms with Crippen LogP contribution in [0, 0.1) is 0 Å². The van der Waals surface area contributed by atoms with Crippen molar-refractivity contribution in [2.45, 2.75) is 25.9 Å². The first kappa shape index (κ1) is 14.3. The summed E-state index contributed by atoms with van der Waals surface area (Å²) >= 11 is 0. The van der Waals surface area contributed by atoms with Gasteiger partial charge in [-0.25, -0.2) is 0 Å². The maximum Gasteiger partial charge on any atom is 0.304 e. The van der Waals surface area contributed by atoms with Gasteiger partial charge < -0.3 is 9.52 Å².